The van der Waals surface area contributed by atoms with Crippen molar-refractivity contribution in [3.8, 4) is 11.1 Å². The summed E-state index contributed by atoms with van der Waals surface area (Å²) in [7, 11) is 1.64. The van der Waals surface area contributed by atoms with Crippen LogP contribution < -0.4 is 9.80 Å². The second-order valence-corrected chi connectivity index (χ2v) is 6.32. The zero-order valence-electron chi connectivity index (χ0n) is 15.0. The molecule has 138 valence electrons. The number of anilines is 2. The monoisotopic (exact) mass is 358 g/mol. The van der Waals surface area contributed by atoms with Gasteiger partial charge < -0.3 is 14.7 Å². The maximum absolute atomic E-state index is 12.0. The van der Waals surface area contributed by atoms with Crippen molar-refractivity contribution < 1.29 is 19.4 Å². The van der Waals surface area contributed by atoms with E-state index in [0.717, 1.165) is 11.1 Å². The van der Waals surface area contributed by atoms with Crippen molar-refractivity contribution >= 4 is 23.4 Å². The molecule has 8 nitrogen and oxygen atoms in total. The third-order valence-corrected chi connectivity index (χ3v) is 4.47. The molecule has 1 aromatic heterocycles. The van der Waals surface area contributed by atoms with E-state index in [0.29, 0.717) is 24.5 Å². The normalized spacial score (nSPS) is 16.5. The zero-order chi connectivity index (χ0) is 18.8. The lowest BCUT2D eigenvalue weighted by Gasteiger charge is -2.39. The molecule has 0 saturated heterocycles. The van der Waals surface area contributed by atoms with Gasteiger partial charge in [0.2, 0.25) is 5.91 Å². The smallest absolute Gasteiger partial charge is 0.411 e. The van der Waals surface area contributed by atoms with E-state index in [1.165, 1.54) is 11.8 Å². The predicted octanol–water partition coefficient (Wildman–Crippen LogP) is 2.44. The Morgan fingerprint density at radius 2 is 2.08 bits per heavy atom. The highest BCUT2D eigenvalue weighted by atomic mass is 16.5. The average molecular weight is 358 g/mol. The maximum Gasteiger partial charge on any atom is 0.411 e. The first-order valence-electron chi connectivity index (χ1n) is 8.38. The summed E-state index contributed by atoms with van der Waals surface area (Å²) in [6.45, 7) is 4.76. The molecule has 0 aliphatic carbocycles. The van der Waals surface area contributed by atoms with Gasteiger partial charge in [-0.15, -0.1) is 0 Å². The molecular weight excluding hydrogens is 336 g/mol. The molecule has 2 aromatic rings. The summed E-state index contributed by atoms with van der Waals surface area (Å²) in [5.74, 6) is -0.107. The van der Waals surface area contributed by atoms with Gasteiger partial charge in [-0.2, -0.15) is 5.10 Å². The van der Waals surface area contributed by atoms with E-state index >= 15 is 0 Å². The molecule has 1 aliphatic heterocycles. The molecular formula is C18H22N4O4. The van der Waals surface area contributed by atoms with Gasteiger partial charge in [-0.3, -0.25) is 14.4 Å². The molecule has 2 amide bonds. The number of ether oxygens (including phenoxy) is 1. The summed E-state index contributed by atoms with van der Waals surface area (Å²) in [5.41, 5.74) is 2.83. The number of carbonyl (C=O) groups is 2. The van der Waals surface area contributed by atoms with E-state index in [4.69, 9.17) is 4.74 Å². The summed E-state index contributed by atoms with van der Waals surface area (Å²) >= 11 is 0. The first-order chi connectivity index (χ1) is 12.4. The molecule has 0 bridgehead atoms. The minimum absolute atomic E-state index is 0.107. The molecule has 0 radical (unpaired) electrons. The summed E-state index contributed by atoms with van der Waals surface area (Å²) in [4.78, 5) is 26.7. The highest BCUT2D eigenvalue weighted by Crippen LogP contribution is 2.38. The standard InChI is InChI=1S/C18H22N4O4/c1-12-10-21(18(24)25)17-8-14(4-5-16(17)22(12)13(2)23)15-9-19-20(11-15)6-7-26-3/h4-5,8-9,11-12H,6-7,10H2,1-3H3,(H,24,25)/t12-/m0/s1. The number of fused-ring (bicyclic) bond motifs is 1. The van der Waals surface area contributed by atoms with Crippen molar-refractivity contribution in [3.05, 3.63) is 30.6 Å². The molecule has 1 aromatic carbocycles. The van der Waals surface area contributed by atoms with E-state index in [9.17, 15) is 14.7 Å². The summed E-state index contributed by atoms with van der Waals surface area (Å²) in [6.07, 6.45) is 2.59. The molecule has 1 aliphatic rings. The van der Waals surface area contributed by atoms with Crippen LogP contribution in [0.5, 0.6) is 0 Å². The van der Waals surface area contributed by atoms with Gasteiger partial charge in [0.05, 0.1) is 36.8 Å². The molecule has 3 rings (SSSR count). The Balaban J connectivity index is 2.01. The van der Waals surface area contributed by atoms with Crippen molar-refractivity contribution in [3.63, 3.8) is 0 Å². The molecule has 8 heteroatoms. The molecule has 0 saturated carbocycles. The van der Waals surface area contributed by atoms with Crippen LogP contribution in [0, 0.1) is 0 Å². The Bertz CT molecular complexity index is 832. The quantitative estimate of drug-likeness (QED) is 0.907. The van der Waals surface area contributed by atoms with E-state index in [2.05, 4.69) is 5.10 Å². The average Bonchev–Trinajstić information content (AvgIpc) is 3.07. The lowest BCUT2D eigenvalue weighted by atomic mass is 10.0. The van der Waals surface area contributed by atoms with E-state index in [1.807, 2.05) is 19.2 Å². The maximum atomic E-state index is 12.0. The van der Waals surface area contributed by atoms with Gasteiger partial charge in [-0.05, 0) is 24.6 Å². The van der Waals surface area contributed by atoms with Crippen LogP contribution in [0.2, 0.25) is 0 Å². The van der Waals surface area contributed by atoms with Gasteiger partial charge in [-0.25, -0.2) is 4.79 Å². The van der Waals surface area contributed by atoms with Crippen molar-refractivity contribution in [2.24, 2.45) is 0 Å². The summed E-state index contributed by atoms with van der Waals surface area (Å²) in [5, 5.41) is 13.9. The van der Waals surface area contributed by atoms with Crippen LogP contribution in [0.15, 0.2) is 30.6 Å². The van der Waals surface area contributed by atoms with Crippen molar-refractivity contribution in [1.29, 1.82) is 0 Å². The number of methoxy groups -OCH3 is 1. The van der Waals surface area contributed by atoms with E-state index in [-0.39, 0.29) is 18.5 Å². The van der Waals surface area contributed by atoms with Gasteiger partial charge in [0.1, 0.15) is 0 Å². The van der Waals surface area contributed by atoms with Gasteiger partial charge in [-0.1, -0.05) is 6.07 Å². The fraction of sp³-hybridized carbons (Fsp3) is 0.389. The first kappa shape index (κ1) is 17.9. The minimum atomic E-state index is -1.03. The van der Waals surface area contributed by atoms with Crippen LogP contribution >= 0.6 is 0 Å². The van der Waals surface area contributed by atoms with E-state index < -0.39 is 6.09 Å². The van der Waals surface area contributed by atoms with Gasteiger partial charge in [0, 0.05) is 32.3 Å². The lowest BCUT2D eigenvalue weighted by molar-refractivity contribution is -0.117. The topological polar surface area (TPSA) is 87.9 Å². The van der Waals surface area contributed by atoms with Crippen molar-refractivity contribution in [2.45, 2.75) is 26.4 Å². The van der Waals surface area contributed by atoms with E-state index in [1.54, 1.807) is 35.0 Å². The van der Waals surface area contributed by atoms with Crippen molar-refractivity contribution in [1.82, 2.24) is 9.78 Å². The number of nitrogens with zero attached hydrogens (tertiary/aromatic N) is 4. The van der Waals surface area contributed by atoms with Crippen molar-refractivity contribution in [2.75, 3.05) is 30.1 Å². The fourth-order valence-electron chi connectivity index (χ4n) is 3.29. The second-order valence-electron chi connectivity index (χ2n) is 6.32. The highest BCUT2D eigenvalue weighted by Gasteiger charge is 2.33. The largest absolute Gasteiger partial charge is 0.465 e. The Kier molecular flexibility index (Phi) is 4.94. The number of carbonyl (C=O) groups excluding carboxylic acids is 1. The van der Waals surface area contributed by atoms with Crippen LogP contribution in [0.25, 0.3) is 11.1 Å². The van der Waals surface area contributed by atoms with Crippen LogP contribution in [-0.2, 0) is 16.1 Å². The van der Waals surface area contributed by atoms with Crippen LogP contribution in [0.4, 0.5) is 16.2 Å². The van der Waals surface area contributed by atoms with Gasteiger partial charge in [0.25, 0.3) is 0 Å². The summed E-state index contributed by atoms with van der Waals surface area (Å²) in [6, 6.07) is 5.25. The number of rotatable bonds is 4. The second kappa shape index (κ2) is 7.17. The fourth-order valence-corrected chi connectivity index (χ4v) is 3.29. The number of benzene rings is 1. The number of hydrogen-bond acceptors (Lipinski definition) is 4. The Labute approximate surface area is 151 Å². The zero-order valence-corrected chi connectivity index (χ0v) is 15.0. The number of amides is 2. The van der Waals surface area contributed by atoms with Crippen LogP contribution in [-0.4, -0.2) is 53.2 Å². The minimum Gasteiger partial charge on any atom is -0.465 e. The Morgan fingerprint density at radius 3 is 2.73 bits per heavy atom. The first-order valence-corrected chi connectivity index (χ1v) is 8.38. The third kappa shape index (κ3) is 3.28. The van der Waals surface area contributed by atoms with Gasteiger partial charge >= 0.3 is 6.09 Å². The Morgan fingerprint density at radius 1 is 1.31 bits per heavy atom. The lowest BCUT2D eigenvalue weighted by Crippen LogP contribution is -2.51. The molecule has 0 unspecified atom stereocenters. The molecule has 26 heavy (non-hydrogen) atoms. The molecule has 2 heterocycles. The Hall–Kier alpha value is -2.87. The number of carboxylic acid groups (broad SMARTS) is 1. The van der Waals surface area contributed by atoms with Gasteiger partial charge in [0.15, 0.2) is 0 Å². The molecule has 0 fully saturated rings. The van der Waals surface area contributed by atoms with Crippen LogP contribution in [0.3, 0.4) is 0 Å². The molecule has 1 atom stereocenters. The third-order valence-electron chi connectivity index (χ3n) is 4.47. The van der Waals surface area contributed by atoms with Crippen LogP contribution in [0.1, 0.15) is 13.8 Å². The molecule has 0 spiro atoms. The highest BCUT2D eigenvalue weighted by molar-refractivity contribution is 6.02. The molecule has 1 N–H and O–H groups in total. The predicted molar refractivity (Wildman–Crippen MR) is 97.5 cm³/mol. The summed E-state index contributed by atoms with van der Waals surface area (Å²) < 4.78 is 6.82. The SMILES string of the molecule is COCCn1cc(-c2ccc3c(c2)N(C(=O)O)C[C@H](C)N3C(C)=O)cn1. The number of aromatic nitrogens is 2. The number of hydrogen-bond donors (Lipinski definition) is 1.